The first-order valence-corrected chi connectivity index (χ1v) is 6.43. The summed E-state index contributed by atoms with van der Waals surface area (Å²) in [4.78, 5) is 12.0. The maximum atomic E-state index is 12.0. The number of carbonyl (C=O) groups is 1. The van der Waals surface area contributed by atoms with Gasteiger partial charge in [0.2, 0.25) is 0 Å². The lowest BCUT2D eigenvalue weighted by molar-refractivity contribution is 0.0939. The van der Waals surface area contributed by atoms with Gasteiger partial charge < -0.3 is 16.2 Å². The zero-order valence-corrected chi connectivity index (χ0v) is 10.7. The number of anilines is 1. The Morgan fingerprint density at radius 3 is 2.83 bits per heavy atom. The molecular weight excluding hydrogens is 248 g/mol. The van der Waals surface area contributed by atoms with Crippen molar-refractivity contribution in [3.63, 3.8) is 0 Å². The van der Waals surface area contributed by atoms with Crippen molar-refractivity contribution < 1.29 is 9.90 Å². The van der Waals surface area contributed by atoms with Crippen LogP contribution in [-0.4, -0.2) is 11.0 Å². The van der Waals surface area contributed by atoms with Gasteiger partial charge in [-0.15, -0.1) is 0 Å². The number of nitrogens with two attached hydrogens (primary N) is 1. The fraction of sp³-hybridized carbons (Fsp3) is 0.154. The van der Waals surface area contributed by atoms with Crippen LogP contribution in [0, 0.1) is 0 Å². The molecule has 1 amide bonds. The summed E-state index contributed by atoms with van der Waals surface area (Å²) >= 11 is 1.59. The number of rotatable bonds is 3. The van der Waals surface area contributed by atoms with Gasteiger partial charge in [-0.1, -0.05) is 0 Å². The van der Waals surface area contributed by atoms with Crippen LogP contribution in [0.2, 0.25) is 0 Å². The molecular formula is C13H14N2O2S. The lowest BCUT2D eigenvalue weighted by Gasteiger charge is -2.13. The van der Waals surface area contributed by atoms with Crippen molar-refractivity contribution >= 4 is 22.9 Å². The van der Waals surface area contributed by atoms with Gasteiger partial charge in [0.15, 0.2) is 0 Å². The molecule has 0 aliphatic heterocycles. The van der Waals surface area contributed by atoms with Gasteiger partial charge in [0.05, 0.1) is 11.7 Å². The molecule has 2 aromatic rings. The highest BCUT2D eigenvalue weighted by atomic mass is 32.1. The lowest BCUT2D eigenvalue weighted by atomic mass is 10.1. The number of nitrogen functional groups attached to an aromatic ring is 1. The molecule has 94 valence electrons. The summed E-state index contributed by atoms with van der Waals surface area (Å²) in [6.45, 7) is 1.91. The maximum Gasteiger partial charge on any atom is 0.251 e. The van der Waals surface area contributed by atoms with Gasteiger partial charge in [0.25, 0.3) is 5.91 Å². The van der Waals surface area contributed by atoms with Crippen molar-refractivity contribution in [2.45, 2.75) is 13.0 Å². The van der Waals surface area contributed by atoms with Crippen LogP contribution in [0.5, 0.6) is 5.75 Å². The average Bonchev–Trinajstić information content (AvgIpc) is 2.86. The van der Waals surface area contributed by atoms with Gasteiger partial charge in [0.1, 0.15) is 5.75 Å². The lowest BCUT2D eigenvalue weighted by Crippen LogP contribution is -2.26. The van der Waals surface area contributed by atoms with Crippen LogP contribution in [-0.2, 0) is 0 Å². The van der Waals surface area contributed by atoms with Crippen molar-refractivity contribution in [2.75, 3.05) is 5.73 Å². The molecule has 0 radical (unpaired) electrons. The second kappa shape index (κ2) is 5.10. The summed E-state index contributed by atoms with van der Waals surface area (Å²) in [7, 11) is 0. The third-order valence-electron chi connectivity index (χ3n) is 2.68. The van der Waals surface area contributed by atoms with Gasteiger partial charge in [-0.05, 0) is 47.5 Å². The Labute approximate surface area is 109 Å². The van der Waals surface area contributed by atoms with Crippen LogP contribution in [0.25, 0.3) is 0 Å². The van der Waals surface area contributed by atoms with E-state index in [9.17, 15) is 9.90 Å². The van der Waals surface area contributed by atoms with E-state index in [0.29, 0.717) is 5.56 Å². The molecule has 1 aromatic carbocycles. The molecule has 1 heterocycles. The summed E-state index contributed by atoms with van der Waals surface area (Å²) in [5.41, 5.74) is 7.20. The number of phenols is 1. The Morgan fingerprint density at radius 2 is 2.22 bits per heavy atom. The molecule has 0 saturated carbocycles. The number of nitrogens with one attached hydrogen (secondary N) is 1. The molecule has 0 bridgehead atoms. The van der Waals surface area contributed by atoms with E-state index < -0.39 is 0 Å². The number of carbonyl (C=O) groups excluding carboxylic acids is 1. The smallest absolute Gasteiger partial charge is 0.251 e. The van der Waals surface area contributed by atoms with Crippen molar-refractivity contribution in [3.8, 4) is 5.75 Å². The Bertz CT molecular complexity index is 552. The molecule has 1 aromatic heterocycles. The van der Waals surface area contributed by atoms with E-state index in [0.717, 1.165) is 5.56 Å². The number of amides is 1. The second-order valence-electron chi connectivity index (χ2n) is 4.03. The van der Waals surface area contributed by atoms with Crippen molar-refractivity contribution in [3.05, 3.63) is 46.2 Å². The summed E-state index contributed by atoms with van der Waals surface area (Å²) in [5, 5.41) is 16.3. The van der Waals surface area contributed by atoms with E-state index in [1.165, 1.54) is 12.1 Å². The van der Waals surface area contributed by atoms with E-state index in [4.69, 9.17) is 5.73 Å². The largest absolute Gasteiger partial charge is 0.506 e. The van der Waals surface area contributed by atoms with Crippen molar-refractivity contribution in [1.82, 2.24) is 5.32 Å². The summed E-state index contributed by atoms with van der Waals surface area (Å²) in [5.74, 6) is -0.310. The van der Waals surface area contributed by atoms with E-state index in [-0.39, 0.29) is 23.4 Å². The normalized spacial score (nSPS) is 12.1. The van der Waals surface area contributed by atoms with Crippen LogP contribution in [0.4, 0.5) is 5.69 Å². The van der Waals surface area contributed by atoms with Crippen LogP contribution >= 0.6 is 11.3 Å². The van der Waals surface area contributed by atoms with Gasteiger partial charge in [0, 0.05) is 5.56 Å². The van der Waals surface area contributed by atoms with Crippen LogP contribution in [0.15, 0.2) is 35.0 Å². The van der Waals surface area contributed by atoms with E-state index in [2.05, 4.69) is 5.32 Å². The first-order valence-electron chi connectivity index (χ1n) is 5.49. The number of aromatic hydroxyl groups is 1. The highest BCUT2D eigenvalue weighted by Gasteiger charge is 2.12. The fourth-order valence-corrected chi connectivity index (χ4v) is 2.32. The molecule has 0 aliphatic rings. The Kier molecular flexibility index (Phi) is 3.53. The molecule has 4 nitrogen and oxygen atoms in total. The number of thiophene rings is 1. The molecule has 0 fully saturated rings. The summed E-state index contributed by atoms with van der Waals surface area (Å²) < 4.78 is 0. The predicted octanol–water partition coefficient (Wildman–Crippen LogP) is 2.53. The van der Waals surface area contributed by atoms with E-state index in [1.54, 1.807) is 17.4 Å². The molecule has 1 unspecified atom stereocenters. The number of phenolic OH excluding ortho intramolecular Hbond substituents is 1. The standard InChI is InChI=1S/C13H14N2O2S/c1-8(10-4-5-18-7-10)15-13(17)9-2-3-11(14)12(16)6-9/h2-8,16H,14H2,1H3,(H,15,17). The topological polar surface area (TPSA) is 75.4 Å². The zero-order chi connectivity index (χ0) is 13.1. The SMILES string of the molecule is CC(NC(=O)c1ccc(N)c(O)c1)c1ccsc1. The first kappa shape index (κ1) is 12.4. The highest BCUT2D eigenvalue weighted by molar-refractivity contribution is 7.07. The van der Waals surface area contributed by atoms with Crippen LogP contribution in [0.3, 0.4) is 0 Å². The molecule has 5 heteroatoms. The van der Waals surface area contributed by atoms with E-state index in [1.807, 2.05) is 23.8 Å². The van der Waals surface area contributed by atoms with Gasteiger partial charge in [-0.2, -0.15) is 11.3 Å². The molecule has 2 rings (SSSR count). The third kappa shape index (κ3) is 2.62. The number of hydrogen-bond donors (Lipinski definition) is 3. The second-order valence-corrected chi connectivity index (χ2v) is 4.81. The zero-order valence-electron chi connectivity index (χ0n) is 9.88. The summed E-state index contributed by atoms with van der Waals surface area (Å²) in [6.07, 6.45) is 0. The molecule has 0 aliphatic carbocycles. The minimum Gasteiger partial charge on any atom is -0.506 e. The minimum atomic E-state index is -0.232. The minimum absolute atomic E-state index is 0.0663. The van der Waals surface area contributed by atoms with Gasteiger partial charge in [-0.25, -0.2) is 0 Å². The summed E-state index contributed by atoms with van der Waals surface area (Å²) in [6, 6.07) is 6.37. The number of benzene rings is 1. The Morgan fingerprint density at radius 1 is 1.44 bits per heavy atom. The predicted molar refractivity (Wildman–Crippen MR) is 72.7 cm³/mol. The van der Waals surface area contributed by atoms with Gasteiger partial charge in [-0.3, -0.25) is 4.79 Å². The van der Waals surface area contributed by atoms with E-state index >= 15 is 0 Å². The van der Waals surface area contributed by atoms with Crippen LogP contribution < -0.4 is 11.1 Å². The van der Waals surface area contributed by atoms with Crippen molar-refractivity contribution in [1.29, 1.82) is 0 Å². The van der Waals surface area contributed by atoms with Gasteiger partial charge >= 0.3 is 0 Å². The molecule has 18 heavy (non-hydrogen) atoms. The third-order valence-corrected chi connectivity index (χ3v) is 3.38. The Balaban J connectivity index is 2.10. The van der Waals surface area contributed by atoms with Crippen LogP contribution in [0.1, 0.15) is 28.9 Å². The first-order chi connectivity index (χ1) is 8.58. The highest BCUT2D eigenvalue weighted by Crippen LogP contribution is 2.21. The number of hydrogen-bond acceptors (Lipinski definition) is 4. The molecule has 4 N–H and O–H groups in total. The molecule has 0 saturated heterocycles. The Hall–Kier alpha value is -2.01. The molecule has 0 spiro atoms. The maximum absolute atomic E-state index is 12.0. The average molecular weight is 262 g/mol. The monoisotopic (exact) mass is 262 g/mol. The quantitative estimate of drug-likeness (QED) is 0.587. The molecule has 1 atom stereocenters. The fourth-order valence-electron chi connectivity index (χ4n) is 1.57. The van der Waals surface area contributed by atoms with Crippen molar-refractivity contribution in [2.24, 2.45) is 0 Å².